The number of hydrogen-bond donors (Lipinski definition) is 0. The van der Waals surface area contributed by atoms with Crippen LogP contribution in [0.2, 0.25) is 0 Å². The fourth-order valence-corrected chi connectivity index (χ4v) is 10.3. The summed E-state index contributed by atoms with van der Waals surface area (Å²) in [4.78, 5) is 0. The molecule has 0 unspecified atom stereocenters. The first-order chi connectivity index (χ1) is 13.9. The van der Waals surface area contributed by atoms with Gasteiger partial charge in [0.25, 0.3) is 0 Å². The summed E-state index contributed by atoms with van der Waals surface area (Å²) in [6, 6.07) is 0. The van der Waals surface area contributed by atoms with Crippen molar-refractivity contribution < 1.29 is 9.47 Å². The Morgan fingerprint density at radius 3 is 2.45 bits per heavy atom. The quantitative estimate of drug-likeness (QED) is 0.444. The third kappa shape index (κ3) is 2.54. The van der Waals surface area contributed by atoms with Gasteiger partial charge in [-0.2, -0.15) is 0 Å². The molecule has 0 bridgehead atoms. The maximum Gasteiger partial charge on any atom is 0.171 e. The third-order valence-electron chi connectivity index (χ3n) is 11.9. The van der Waals surface area contributed by atoms with Crippen molar-refractivity contribution in [1.29, 1.82) is 0 Å². The summed E-state index contributed by atoms with van der Waals surface area (Å²) in [6.45, 7) is 11.1. The van der Waals surface area contributed by atoms with Crippen LogP contribution in [0.15, 0.2) is 0 Å². The van der Waals surface area contributed by atoms with Crippen molar-refractivity contribution in [3.8, 4) is 0 Å². The van der Waals surface area contributed by atoms with E-state index in [1.165, 1.54) is 64.2 Å². The number of rotatable bonds is 0. The molecule has 4 saturated carbocycles. The van der Waals surface area contributed by atoms with Gasteiger partial charge in [0.15, 0.2) is 5.79 Å². The molecule has 0 aromatic heterocycles. The minimum absolute atomic E-state index is 0.250. The maximum absolute atomic E-state index is 6.92. The molecule has 0 amide bonds. The summed E-state index contributed by atoms with van der Waals surface area (Å²) in [6.07, 6.45) is 16.2. The standard InChI is InChI=1S/C27H44O2/c1-17-10-14-27(28-16-17)18(2)24-23(29-27)15-22-20-9-8-19-7-5-6-12-25(19,3)21(20)11-13-26(22,24)4/h17-24H,5-16H2,1-4H3/t17-,18+,19-,20-,21-,22-,23-,24-,25+,26-,27-/m1/s1. The largest absolute Gasteiger partial charge is 0.349 e. The van der Waals surface area contributed by atoms with Crippen molar-refractivity contribution in [2.45, 2.75) is 110 Å². The van der Waals surface area contributed by atoms with E-state index in [-0.39, 0.29) is 5.79 Å². The first-order valence-corrected chi connectivity index (χ1v) is 13.2. The predicted octanol–water partition coefficient (Wildman–Crippen LogP) is 6.82. The Bertz CT molecular complexity index is 651. The Morgan fingerprint density at radius 1 is 0.793 bits per heavy atom. The summed E-state index contributed by atoms with van der Waals surface area (Å²) in [5.41, 5.74) is 1.13. The van der Waals surface area contributed by atoms with Crippen LogP contribution >= 0.6 is 0 Å². The van der Waals surface area contributed by atoms with E-state index in [4.69, 9.17) is 9.47 Å². The molecule has 2 heteroatoms. The molecule has 0 aromatic rings. The molecule has 2 nitrogen and oxygen atoms in total. The van der Waals surface area contributed by atoms with Crippen molar-refractivity contribution in [1.82, 2.24) is 0 Å². The number of hydrogen-bond acceptors (Lipinski definition) is 2. The van der Waals surface area contributed by atoms with Crippen molar-refractivity contribution in [3.05, 3.63) is 0 Å². The second-order valence-corrected chi connectivity index (χ2v) is 12.9. The minimum atomic E-state index is -0.250. The first-order valence-electron chi connectivity index (χ1n) is 13.2. The van der Waals surface area contributed by atoms with E-state index < -0.39 is 0 Å². The molecular formula is C27H44O2. The molecule has 0 aromatic carbocycles. The summed E-state index contributed by atoms with van der Waals surface area (Å²) in [5, 5.41) is 0. The molecule has 6 rings (SSSR count). The molecule has 4 aliphatic carbocycles. The van der Waals surface area contributed by atoms with Crippen LogP contribution in [-0.4, -0.2) is 18.5 Å². The normalized spacial score (nSPS) is 61.7. The summed E-state index contributed by atoms with van der Waals surface area (Å²) >= 11 is 0. The lowest BCUT2D eigenvalue weighted by Gasteiger charge is -2.61. The van der Waals surface area contributed by atoms with Gasteiger partial charge in [-0.25, -0.2) is 0 Å². The highest BCUT2D eigenvalue weighted by atomic mass is 16.7. The highest BCUT2D eigenvalue weighted by Crippen LogP contribution is 2.71. The molecule has 164 valence electrons. The van der Waals surface area contributed by atoms with Crippen molar-refractivity contribution in [3.63, 3.8) is 0 Å². The molecule has 6 aliphatic rings. The Kier molecular flexibility index (Phi) is 4.37. The molecule has 2 aliphatic heterocycles. The molecular weight excluding hydrogens is 356 g/mol. The second-order valence-electron chi connectivity index (χ2n) is 12.9. The van der Waals surface area contributed by atoms with Gasteiger partial charge in [0.05, 0.1) is 12.7 Å². The molecule has 2 saturated heterocycles. The minimum Gasteiger partial charge on any atom is -0.349 e. The highest BCUT2D eigenvalue weighted by Gasteiger charge is 2.68. The number of ether oxygens (including phenoxy) is 2. The third-order valence-corrected chi connectivity index (χ3v) is 11.9. The zero-order valence-corrected chi connectivity index (χ0v) is 19.4. The average molecular weight is 401 g/mol. The Morgan fingerprint density at radius 2 is 1.66 bits per heavy atom. The number of fused-ring (bicyclic) bond motifs is 7. The lowest BCUT2D eigenvalue weighted by Crippen LogP contribution is -2.54. The van der Waals surface area contributed by atoms with Gasteiger partial charge < -0.3 is 9.47 Å². The molecule has 0 radical (unpaired) electrons. The summed E-state index contributed by atoms with van der Waals surface area (Å²) in [5.74, 6) is 5.62. The van der Waals surface area contributed by atoms with E-state index >= 15 is 0 Å². The van der Waals surface area contributed by atoms with Crippen LogP contribution < -0.4 is 0 Å². The Balaban J connectivity index is 1.27. The first kappa shape index (κ1) is 19.6. The lowest BCUT2D eigenvalue weighted by molar-refractivity contribution is -0.273. The average Bonchev–Trinajstić information content (AvgIpc) is 3.15. The van der Waals surface area contributed by atoms with Gasteiger partial charge in [-0.1, -0.05) is 40.5 Å². The van der Waals surface area contributed by atoms with Gasteiger partial charge >= 0.3 is 0 Å². The molecule has 6 fully saturated rings. The monoisotopic (exact) mass is 400 g/mol. The van der Waals surface area contributed by atoms with Crippen LogP contribution in [0.5, 0.6) is 0 Å². The van der Waals surface area contributed by atoms with E-state index in [0.29, 0.717) is 28.8 Å². The van der Waals surface area contributed by atoms with Gasteiger partial charge in [0.1, 0.15) is 0 Å². The molecule has 11 atom stereocenters. The SMILES string of the molecule is C[C@@H]1CC[C@@]2(OC1)O[C@@H]1C[C@@H]3[C@@H]4CC[C@H]5CCCC[C@]5(C)[C@@H]4CC[C@@]3(C)[C@@H]1[C@@H]2C. The van der Waals surface area contributed by atoms with Crippen LogP contribution in [0.25, 0.3) is 0 Å². The topological polar surface area (TPSA) is 18.5 Å². The zero-order valence-electron chi connectivity index (χ0n) is 19.4. The van der Waals surface area contributed by atoms with Gasteiger partial charge in [0, 0.05) is 12.3 Å². The van der Waals surface area contributed by atoms with Crippen LogP contribution in [0.1, 0.15) is 98.3 Å². The van der Waals surface area contributed by atoms with Crippen molar-refractivity contribution in [2.24, 2.45) is 52.3 Å². The fourth-order valence-electron chi connectivity index (χ4n) is 10.3. The Labute approximate surface area is 178 Å². The van der Waals surface area contributed by atoms with Gasteiger partial charge in [-0.15, -0.1) is 0 Å². The smallest absolute Gasteiger partial charge is 0.171 e. The highest BCUT2D eigenvalue weighted by molar-refractivity contribution is 5.15. The Hall–Kier alpha value is -0.0800. The summed E-state index contributed by atoms with van der Waals surface area (Å²) < 4.78 is 13.4. The van der Waals surface area contributed by atoms with E-state index in [1.54, 1.807) is 0 Å². The molecule has 2 heterocycles. The van der Waals surface area contributed by atoms with Crippen molar-refractivity contribution >= 4 is 0 Å². The van der Waals surface area contributed by atoms with Gasteiger partial charge in [-0.05, 0) is 97.7 Å². The predicted molar refractivity (Wildman–Crippen MR) is 116 cm³/mol. The van der Waals surface area contributed by atoms with E-state index in [2.05, 4.69) is 27.7 Å². The molecule has 0 N–H and O–H groups in total. The van der Waals surface area contributed by atoms with Crippen LogP contribution in [0.3, 0.4) is 0 Å². The van der Waals surface area contributed by atoms with Crippen LogP contribution in [0.4, 0.5) is 0 Å². The lowest BCUT2D eigenvalue weighted by atomic mass is 9.44. The van der Waals surface area contributed by atoms with Crippen molar-refractivity contribution in [2.75, 3.05) is 6.61 Å². The molecule has 29 heavy (non-hydrogen) atoms. The van der Waals surface area contributed by atoms with E-state index in [0.717, 1.165) is 42.6 Å². The van der Waals surface area contributed by atoms with Gasteiger partial charge in [0.2, 0.25) is 0 Å². The van der Waals surface area contributed by atoms with Crippen LogP contribution in [0, 0.1) is 52.3 Å². The zero-order chi connectivity index (χ0) is 20.0. The fraction of sp³-hybridized carbons (Fsp3) is 1.00. The second kappa shape index (κ2) is 6.47. The molecule has 1 spiro atoms. The van der Waals surface area contributed by atoms with E-state index in [9.17, 15) is 0 Å². The maximum atomic E-state index is 6.92. The summed E-state index contributed by atoms with van der Waals surface area (Å²) in [7, 11) is 0. The van der Waals surface area contributed by atoms with Crippen LogP contribution in [-0.2, 0) is 9.47 Å². The van der Waals surface area contributed by atoms with Gasteiger partial charge in [-0.3, -0.25) is 0 Å². The van der Waals surface area contributed by atoms with E-state index in [1.807, 2.05) is 0 Å².